The Morgan fingerprint density at radius 1 is 0.926 bits per heavy atom. The first-order chi connectivity index (χ1) is 13.0. The molecular weight excluding hydrogens is 340 g/mol. The molecule has 1 aliphatic rings. The summed E-state index contributed by atoms with van der Waals surface area (Å²) >= 11 is 0. The largest absolute Gasteiger partial charge is 0.497 e. The molecule has 5 heteroatoms. The Labute approximate surface area is 160 Å². The van der Waals surface area contributed by atoms with Gasteiger partial charge in [-0.2, -0.15) is 0 Å². The third-order valence-corrected chi connectivity index (χ3v) is 4.75. The number of ether oxygens (including phenoxy) is 3. The monoisotopic (exact) mass is 366 g/mol. The molecule has 5 nitrogen and oxygen atoms in total. The Balaban J connectivity index is 1.70. The van der Waals surface area contributed by atoms with Gasteiger partial charge in [0.05, 0.1) is 19.8 Å². The molecule has 142 valence electrons. The lowest BCUT2D eigenvalue weighted by molar-refractivity contribution is 0.284. The molecule has 4 N–H and O–H groups in total. The van der Waals surface area contributed by atoms with Crippen LogP contribution in [0.15, 0.2) is 66.8 Å². The lowest BCUT2D eigenvalue weighted by Crippen LogP contribution is -2.55. The van der Waals surface area contributed by atoms with Gasteiger partial charge in [0.1, 0.15) is 12.4 Å². The van der Waals surface area contributed by atoms with Crippen LogP contribution in [0.1, 0.15) is 11.1 Å². The summed E-state index contributed by atoms with van der Waals surface area (Å²) in [5, 5.41) is 0. The van der Waals surface area contributed by atoms with E-state index in [1.54, 1.807) is 14.2 Å². The van der Waals surface area contributed by atoms with Crippen LogP contribution in [0.5, 0.6) is 17.2 Å². The summed E-state index contributed by atoms with van der Waals surface area (Å²) in [6.45, 7) is 0.443. The van der Waals surface area contributed by atoms with Crippen LogP contribution in [-0.4, -0.2) is 25.8 Å². The van der Waals surface area contributed by atoms with Crippen molar-refractivity contribution in [3.63, 3.8) is 0 Å². The molecule has 0 saturated carbocycles. The number of hydrogen-bond acceptors (Lipinski definition) is 5. The molecule has 0 aromatic heterocycles. The van der Waals surface area contributed by atoms with E-state index in [1.165, 1.54) is 0 Å². The number of rotatable bonds is 7. The van der Waals surface area contributed by atoms with E-state index < -0.39 is 5.54 Å². The van der Waals surface area contributed by atoms with E-state index >= 15 is 0 Å². The lowest BCUT2D eigenvalue weighted by atomic mass is 9.82. The van der Waals surface area contributed by atoms with E-state index in [4.69, 9.17) is 25.7 Å². The van der Waals surface area contributed by atoms with E-state index in [1.807, 2.05) is 66.8 Å². The highest BCUT2D eigenvalue weighted by Crippen LogP contribution is 2.31. The van der Waals surface area contributed by atoms with Crippen molar-refractivity contribution in [3.05, 3.63) is 77.9 Å². The van der Waals surface area contributed by atoms with Crippen LogP contribution in [0, 0.1) is 0 Å². The van der Waals surface area contributed by atoms with Crippen molar-refractivity contribution >= 4 is 0 Å². The maximum absolute atomic E-state index is 6.48. The van der Waals surface area contributed by atoms with Crippen molar-refractivity contribution in [2.45, 2.75) is 24.6 Å². The van der Waals surface area contributed by atoms with Gasteiger partial charge < -0.3 is 25.7 Å². The van der Waals surface area contributed by atoms with Gasteiger partial charge in [-0.3, -0.25) is 0 Å². The van der Waals surface area contributed by atoms with Crippen LogP contribution in [0.4, 0.5) is 0 Å². The van der Waals surface area contributed by atoms with Crippen molar-refractivity contribution in [1.82, 2.24) is 0 Å². The molecule has 0 bridgehead atoms. The Bertz CT molecular complexity index is 830. The molecule has 1 aliphatic carbocycles. The summed E-state index contributed by atoms with van der Waals surface area (Å²) in [4.78, 5) is 0. The molecule has 2 atom stereocenters. The number of allylic oxidation sites excluding steroid dienone is 2. The molecule has 0 spiro atoms. The van der Waals surface area contributed by atoms with E-state index in [0.717, 1.165) is 16.9 Å². The number of hydrogen-bond donors (Lipinski definition) is 2. The molecule has 2 unspecified atom stereocenters. The molecule has 3 rings (SSSR count). The molecule has 0 aliphatic heterocycles. The average molecular weight is 366 g/mol. The third kappa shape index (κ3) is 4.51. The predicted molar refractivity (Wildman–Crippen MR) is 107 cm³/mol. The van der Waals surface area contributed by atoms with Gasteiger partial charge in [-0.05, 0) is 41.8 Å². The Kier molecular flexibility index (Phi) is 5.84. The molecular formula is C22H26N2O3. The van der Waals surface area contributed by atoms with Gasteiger partial charge in [-0.15, -0.1) is 0 Å². The van der Waals surface area contributed by atoms with Gasteiger partial charge in [-0.1, -0.05) is 42.5 Å². The fourth-order valence-corrected chi connectivity index (χ4v) is 3.06. The zero-order valence-corrected chi connectivity index (χ0v) is 15.7. The molecule has 0 saturated heterocycles. The van der Waals surface area contributed by atoms with Crippen LogP contribution in [0.25, 0.3) is 0 Å². The average Bonchev–Trinajstić information content (AvgIpc) is 2.69. The van der Waals surface area contributed by atoms with Crippen molar-refractivity contribution in [1.29, 1.82) is 0 Å². The molecule has 0 radical (unpaired) electrons. The van der Waals surface area contributed by atoms with E-state index in [9.17, 15) is 0 Å². The summed E-state index contributed by atoms with van der Waals surface area (Å²) in [5.41, 5.74) is 14.1. The van der Waals surface area contributed by atoms with Crippen LogP contribution in [-0.2, 0) is 13.0 Å². The van der Waals surface area contributed by atoms with Crippen LogP contribution >= 0.6 is 0 Å². The summed E-state index contributed by atoms with van der Waals surface area (Å²) in [7, 11) is 3.28. The van der Waals surface area contributed by atoms with Gasteiger partial charge in [0.25, 0.3) is 0 Å². The Hall–Kier alpha value is -2.76. The molecule has 27 heavy (non-hydrogen) atoms. The highest BCUT2D eigenvalue weighted by Gasteiger charge is 2.30. The van der Waals surface area contributed by atoms with E-state index in [2.05, 4.69) is 0 Å². The minimum atomic E-state index is -0.606. The zero-order valence-electron chi connectivity index (χ0n) is 15.7. The van der Waals surface area contributed by atoms with Gasteiger partial charge in [0.15, 0.2) is 11.5 Å². The van der Waals surface area contributed by atoms with E-state index in [-0.39, 0.29) is 6.04 Å². The van der Waals surface area contributed by atoms with E-state index in [0.29, 0.717) is 24.5 Å². The van der Waals surface area contributed by atoms with Crippen LogP contribution in [0.2, 0.25) is 0 Å². The summed E-state index contributed by atoms with van der Waals surface area (Å²) in [5.74, 6) is 2.18. The highest BCUT2D eigenvalue weighted by atomic mass is 16.5. The topological polar surface area (TPSA) is 79.7 Å². The number of methoxy groups -OCH3 is 2. The summed E-state index contributed by atoms with van der Waals surface area (Å²) < 4.78 is 16.6. The molecule has 2 aromatic rings. The van der Waals surface area contributed by atoms with Gasteiger partial charge in [-0.25, -0.2) is 0 Å². The second kappa shape index (κ2) is 8.29. The highest BCUT2D eigenvalue weighted by molar-refractivity contribution is 5.44. The molecule has 0 heterocycles. The fourth-order valence-electron chi connectivity index (χ4n) is 3.06. The van der Waals surface area contributed by atoms with Crippen molar-refractivity contribution in [2.75, 3.05) is 14.2 Å². The van der Waals surface area contributed by atoms with Crippen molar-refractivity contribution in [3.8, 4) is 17.2 Å². The summed E-state index contributed by atoms with van der Waals surface area (Å²) in [6.07, 6.45) is 8.35. The van der Waals surface area contributed by atoms with Gasteiger partial charge >= 0.3 is 0 Å². The quantitative estimate of drug-likeness (QED) is 0.787. The maximum Gasteiger partial charge on any atom is 0.161 e. The second-order valence-electron chi connectivity index (χ2n) is 6.68. The SMILES string of the molecule is COc1ccc(COc2ccc(CC3(N)C=CC=CC3N)cc2OC)cc1. The molecule has 0 fully saturated rings. The minimum absolute atomic E-state index is 0.223. The smallest absolute Gasteiger partial charge is 0.161 e. The molecule has 0 amide bonds. The normalized spacial score (nSPS) is 21.1. The Morgan fingerprint density at radius 2 is 1.67 bits per heavy atom. The first kappa shape index (κ1) is 19.0. The standard InChI is InChI=1S/C22H26N2O3/c1-25-18-9-6-16(7-10-18)15-27-19-11-8-17(13-20(19)26-2)14-22(24)12-4-3-5-21(22)23/h3-13,21H,14-15,23-24H2,1-2H3. The lowest BCUT2D eigenvalue weighted by Gasteiger charge is -2.32. The third-order valence-electron chi connectivity index (χ3n) is 4.75. The van der Waals surface area contributed by atoms with Gasteiger partial charge in [0.2, 0.25) is 0 Å². The Morgan fingerprint density at radius 3 is 2.33 bits per heavy atom. The second-order valence-corrected chi connectivity index (χ2v) is 6.68. The van der Waals surface area contributed by atoms with Crippen molar-refractivity contribution in [2.24, 2.45) is 11.5 Å². The van der Waals surface area contributed by atoms with Crippen LogP contribution in [0.3, 0.4) is 0 Å². The van der Waals surface area contributed by atoms with Crippen LogP contribution < -0.4 is 25.7 Å². The number of benzene rings is 2. The molecule has 2 aromatic carbocycles. The fraction of sp³-hybridized carbons (Fsp3) is 0.273. The summed E-state index contributed by atoms with van der Waals surface area (Å²) in [6, 6.07) is 13.4. The van der Waals surface area contributed by atoms with Gasteiger partial charge in [0, 0.05) is 6.04 Å². The number of nitrogens with two attached hydrogens (primary N) is 2. The predicted octanol–water partition coefficient (Wildman–Crippen LogP) is 2.98. The zero-order chi connectivity index (χ0) is 19.3. The maximum atomic E-state index is 6.48. The van der Waals surface area contributed by atoms with Crippen molar-refractivity contribution < 1.29 is 14.2 Å². The first-order valence-electron chi connectivity index (χ1n) is 8.87. The first-order valence-corrected chi connectivity index (χ1v) is 8.87. The minimum Gasteiger partial charge on any atom is -0.497 e.